The van der Waals surface area contributed by atoms with Gasteiger partial charge in [0.25, 0.3) is 0 Å². The Hall–Kier alpha value is -3.35. The van der Waals surface area contributed by atoms with Crippen molar-refractivity contribution in [2.24, 2.45) is 0 Å². The van der Waals surface area contributed by atoms with Gasteiger partial charge in [0.05, 0.1) is 35.5 Å². The second kappa shape index (κ2) is 7.49. The first-order chi connectivity index (χ1) is 13.1. The summed E-state index contributed by atoms with van der Waals surface area (Å²) in [6.45, 7) is 0. The lowest BCUT2D eigenvalue weighted by Gasteiger charge is -2.15. The van der Waals surface area contributed by atoms with Crippen LogP contribution in [0.15, 0.2) is 39.5 Å². The third kappa shape index (κ3) is 3.01. The molecular formula is C20H20O7. The highest BCUT2D eigenvalue weighted by Gasteiger charge is 2.22. The zero-order valence-electron chi connectivity index (χ0n) is 15.7. The topological polar surface area (TPSA) is 76.4 Å². The zero-order valence-corrected chi connectivity index (χ0v) is 15.7. The van der Waals surface area contributed by atoms with E-state index in [4.69, 9.17) is 28.1 Å². The van der Waals surface area contributed by atoms with Gasteiger partial charge in [-0.1, -0.05) is 6.07 Å². The fourth-order valence-electron chi connectivity index (χ4n) is 3.00. The Morgan fingerprint density at radius 2 is 1.33 bits per heavy atom. The van der Waals surface area contributed by atoms with Gasteiger partial charge in [0.1, 0.15) is 33.8 Å². The minimum absolute atomic E-state index is 0.249. The molecule has 0 aliphatic heterocycles. The highest BCUT2D eigenvalue weighted by atomic mass is 16.5. The number of ether oxygens (including phenoxy) is 5. The van der Waals surface area contributed by atoms with Gasteiger partial charge in [-0.2, -0.15) is 0 Å². The number of hydrogen-bond donors (Lipinski definition) is 0. The van der Waals surface area contributed by atoms with Gasteiger partial charge in [0.15, 0.2) is 16.9 Å². The van der Waals surface area contributed by atoms with Gasteiger partial charge in [-0.05, 0) is 12.1 Å². The van der Waals surface area contributed by atoms with Gasteiger partial charge in [-0.15, -0.1) is 0 Å². The molecule has 1 heterocycles. The van der Waals surface area contributed by atoms with E-state index in [1.54, 1.807) is 24.3 Å². The van der Waals surface area contributed by atoms with Crippen molar-refractivity contribution >= 4 is 11.0 Å². The molecule has 27 heavy (non-hydrogen) atoms. The Morgan fingerprint density at radius 3 is 1.85 bits per heavy atom. The molecule has 1 aromatic heterocycles. The fraction of sp³-hybridized carbons (Fsp3) is 0.250. The average molecular weight is 372 g/mol. The zero-order chi connectivity index (χ0) is 19.6. The molecule has 0 N–H and O–H groups in total. The largest absolute Gasteiger partial charge is 0.496 e. The summed E-state index contributed by atoms with van der Waals surface area (Å²) in [4.78, 5) is 12.9. The second-order valence-electron chi connectivity index (χ2n) is 5.53. The first-order valence-corrected chi connectivity index (χ1v) is 8.07. The van der Waals surface area contributed by atoms with Crippen LogP contribution in [0.1, 0.15) is 0 Å². The first-order valence-electron chi connectivity index (χ1n) is 8.07. The molecule has 0 bridgehead atoms. The number of rotatable bonds is 6. The number of benzene rings is 2. The van der Waals surface area contributed by atoms with Gasteiger partial charge in [0, 0.05) is 12.1 Å². The van der Waals surface area contributed by atoms with Gasteiger partial charge in [0.2, 0.25) is 5.75 Å². The number of fused-ring (bicyclic) bond motifs is 1. The van der Waals surface area contributed by atoms with Crippen LogP contribution in [0.5, 0.6) is 28.7 Å². The lowest BCUT2D eigenvalue weighted by atomic mass is 10.1. The molecule has 7 heteroatoms. The van der Waals surface area contributed by atoms with Crippen molar-refractivity contribution in [2.75, 3.05) is 35.5 Å². The van der Waals surface area contributed by atoms with Crippen LogP contribution in [-0.2, 0) is 0 Å². The van der Waals surface area contributed by atoms with E-state index in [-0.39, 0.29) is 16.6 Å². The molecule has 0 aliphatic carbocycles. The second-order valence-corrected chi connectivity index (χ2v) is 5.53. The highest BCUT2D eigenvalue weighted by molar-refractivity contribution is 5.90. The monoisotopic (exact) mass is 372 g/mol. The molecule has 0 atom stereocenters. The van der Waals surface area contributed by atoms with Crippen molar-refractivity contribution in [1.82, 2.24) is 0 Å². The molecule has 0 saturated carbocycles. The summed E-state index contributed by atoms with van der Waals surface area (Å²) in [5.74, 6) is 2.29. The van der Waals surface area contributed by atoms with Crippen molar-refractivity contribution < 1.29 is 28.1 Å². The summed E-state index contributed by atoms with van der Waals surface area (Å²) >= 11 is 0. The van der Waals surface area contributed by atoms with Crippen molar-refractivity contribution in [1.29, 1.82) is 0 Å². The van der Waals surface area contributed by atoms with Gasteiger partial charge in [-0.3, -0.25) is 4.79 Å². The van der Waals surface area contributed by atoms with E-state index in [2.05, 4.69) is 0 Å². The fourth-order valence-corrected chi connectivity index (χ4v) is 3.00. The maximum absolute atomic E-state index is 12.9. The maximum atomic E-state index is 12.9. The summed E-state index contributed by atoms with van der Waals surface area (Å²) in [6.07, 6.45) is 0. The Kier molecular flexibility index (Phi) is 5.12. The average Bonchev–Trinajstić information content (AvgIpc) is 2.71. The predicted octanol–water partition coefficient (Wildman–Crippen LogP) is 3.50. The molecule has 0 aliphatic rings. The van der Waals surface area contributed by atoms with E-state index in [0.717, 1.165) is 0 Å². The summed E-state index contributed by atoms with van der Waals surface area (Å²) in [5.41, 5.74) is 0.534. The van der Waals surface area contributed by atoms with E-state index in [9.17, 15) is 4.79 Å². The molecule has 0 saturated heterocycles. The van der Waals surface area contributed by atoms with Crippen LogP contribution in [0.2, 0.25) is 0 Å². The number of methoxy groups -OCH3 is 5. The Balaban J connectivity index is 2.39. The van der Waals surface area contributed by atoms with Crippen molar-refractivity contribution in [2.45, 2.75) is 0 Å². The van der Waals surface area contributed by atoms with Crippen molar-refractivity contribution in [3.05, 3.63) is 40.6 Å². The van der Waals surface area contributed by atoms with Crippen LogP contribution in [0.3, 0.4) is 0 Å². The van der Waals surface area contributed by atoms with E-state index in [1.165, 1.54) is 41.6 Å². The SMILES string of the molecule is COc1cc2oc(-c3c(OC)cccc3OC)cc(=O)c2c(OC)c1OC. The van der Waals surface area contributed by atoms with Crippen LogP contribution in [0, 0.1) is 0 Å². The third-order valence-corrected chi connectivity index (χ3v) is 4.20. The summed E-state index contributed by atoms with van der Waals surface area (Å²) in [5, 5.41) is 0.257. The maximum Gasteiger partial charge on any atom is 0.204 e. The number of hydrogen-bond acceptors (Lipinski definition) is 7. The van der Waals surface area contributed by atoms with E-state index in [1.807, 2.05) is 0 Å². The third-order valence-electron chi connectivity index (χ3n) is 4.20. The minimum Gasteiger partial charge on any atom is -0.496 e. The Morgan fingerprint density at radius 1 is 0.741 bits per heavy atom. The van der Waals surface area contributed by atoms with Crippen LogP contribution in [0.4, 0.5) is 0 Å². The molecular weight excluding hydrogens is 352 g/mol. The van der Waals surface area contributed by atoms with Gasteiger partial charge in [-0.25, -0.2) is 0 Å². The van der Waals surface area contributed by atoms with E-state index < -0.39 is 0 Å². The smallest absolute Gasteiger partial charge is 0.204 e. The summed E-state index contributed by atoms with van der Waals surface area (Å²) in [7, 11) is 7.49. The molecule has 0 spiro atoms. The van der Waals surface area contributed by atoms with Crippen LogP contribution in [0.25, 0.3) is 22.3 Å². The van der Waals surface area contributed by atoms with E-state index >= 15 is 0 Å². The van der Waals surface area contributed by atoms with Crippen LogP contribution >= 0.6 is 0 Å². The first kappa shape index (κ1) is 18.4. The van der Waals surface area contributed by atoms with Crippen molar-refractivity contribution in [3.8, 4) is 40.1 Å². The van der Waals surface area contributed by atoms with Crippen LogP contribution in [-0.4, -0.2) is 35.5 Å². The van der Waals surface area contributed by atoms with Crippen molar-refractivity contribution in [3.63, 3.8) is 0 Å². The molecule has 0 amide bonds. The van der Waals surface area contributed by atoms with Gasteiger partial charge >= 0.3 is 0 Å². The lowest BCUT2D eigenvalue weighted by Crippen LogP contribution is -2.06. The predicted molar refractivity (Wildman–Crippen MR) is 101 cm³/mol. The summed E-state index contributed by atoms with van der Waals surface area (Å²) < 4.78 is 32.9. The highest BCUT2D eigenvalue weighted by Crippen LogP contribution is 2.44. The quantitative estimate of drug-likeness (QED) is 0.655. The molecule has 2 aromatic carbocycles. The molecule has 3 aromatic rings. The molecule has 0 fully saturated rings. The van der Waals surface area contributed by atoms with Crippen LogP contribution < -0.4 is 29.1 Å². The Bertz CT molecular complexity index is 1010. The van der Waals surface area contributed by atoms with E-state index in [0.29, 0.717) is 39.9 Å². The lowest BCUT2D eigenvalue weighted by molar-refractivity contribution is 0.326. The minimum atomic E-state index is -0.294. The Labute approximate surface area is 156 Å². The molecule has 0 unspecified atom stereocenters. The molecule has 3 rings (SSSR count). The standard InChI is InChI=1S/C20H20O7/c1-22-12-7-6-8-13(23-2)18(12)14-9-11(21)17-15(27-14)10-16(24-3)19(25-4)20(17)26-5/h6-10H,1-5H3. The normalized spacial score (nSPS) is 10.6. The summed E-state index contributed by atoms with van der Waals surface area (Å²) in [6, 6.07) is 8.27. The molecule has 0 radical (unpaired) electrons. The van der Waals surface area contributed by atoms with Gasteiger partial charge < -0.3 is 28.1 Å². The molecule has 7 nitrogen and oxygen atoms in total. The molecule has 142 valence electrons.